The Labute approximate surface area is 206 Å². The predicted molar refractivity (Wildman–Crippen MR) is 137 cm³/mol. The Bertz CT molecular complexity index is 1450. The van der Waals surface area contributed by atoms with Gasteiger partial charge >= 0.3 is 0 Å². The van der Waals surface area contributed by atoms with Crippen molar-refractivity contribution in [1.82, 2.24) is 24.9 Å². The fraction of sp³-hybridized carbons (Fsp3) is 0.318. The summed E-state index contributed by atoms with van der Waals surface area (Å²) in [6.07, 6.45) is 4.57. The van der Waals surface area contributed by atoms with Gasteiger partial charge in [-0.1, -0.05) is 0 Å². The quantitative estimate of drug-likeness (QED) is 0.375. The van der Waals surface area contributed by atoms with Gasteiger partial charge in [0.1, 0.15) is 21.3 Å². The summed E-state index contributed by atoms with van der Waals surface area (Å²) in [4.78, 5) is 25.5. The van der Waals surface area contributed by atoms with Crippen LogP contribution in [0.25, 0.3) is 32.2 Å². The Kier molecular flexibility index (Phi) is 6.45. The third-order valence-electron chi connectivity index (χ3n) is 5.39. The first-order valence-electron chi connectivity index (χ1n) is 11.0. The number of nitrogen functional groups attached to an aromatic ring is 1. The largest absolute Gasteiger partial charge is 0.378 e. The topological polar surface area (TPSA) is 149 Å². The molecule has 4 aromatic heterocycles. The average molecular weight is 513 g/mol. The number of aromatic nitrogens is 5. The SMILES string of the molecule is CS(=O)(=O)CCNc1ccc(-c2cc3nc(-c4ccnc(N)n4)nc(N4CCOCC4)c3s2)cn1. The van der Waals surface area contributed by atoms with Crippen molar-refractivity contribution in [1.29, 1.82) is 0 Å². The number of ether oxygens (including phenoxy) is 1. The van der Waals surface area contributed by atoms with Gasteiger partial charge in [-0.05, 0) is 24.3 Å². The van der Waals surface area contributed by atoms with E-state index in [1.54, 1.807) is 29.8 Å². The Balaban J connectivity index is 1.49. The third kappa shape index (κ3) is 5.47. The second kappa shape index (κ2) is 9.68. The van der Waals surface area contributed by atoms with Gasteiger partial charge in [-0.3, -0.25) is 0 Å². The van der Waals surface area contributed by atoms with Crippen LogP contribution in [0.5, 0.6) is 0 Å². The minimum absolute atomic E-state index is 0.0516. The van der Waals surface area contributed by atoms with Crippen molar-refractivity contribution in [3.8, 4) is 22.0 Å². The molecule has 0 saturated carbocycles. The lowest BCUT2D eigenvalue weighted by atomic mass is 10.2. The average Bonchev–Trinajstić information content (AvgIpc) is 3.28. The van der Waals surface area contributed by atoms with Crippen molar-refractivity contribution in [3.05, 3.63) is 36.7 Å². The molecule has 5 rings (SSSR count). The summed E-state index contributed by atoms with van der Waals surface area (Å²) < 4.78 is 29.2. The Morgan fingerprint density at radius 3 is 2.69 bits per heavy atom. The summed E-state index contributed by atoms with van der Waals surface area (Å²) in [7, 11) is -3.03. The van der Waals surface area contributed by atoms with Gasteiger partial charge in [0.25, 0.3) is 0 Å². The second-order valence-corrected chi connectivity index (χ2v) is 11.4. The highest BCUT2D eigenvalue weighted by Gasteiger charge is 2.21. The van der Waals surface area contributed by atoms with Crippen molar-refractivity contribution in [2.75, 3.05) is 60.8 Å². The number of nitrogens with two attached hydrogens (primary N) is 1. The first-order valence-corrected chi connectivity index (χ1v) is 13.8. The zero-order valence-corrected chi connectivity index (χ0v) is 20.6. The predicted octanol–water partition coefficient (Wildman–Crippen LogP) is 2.09. The van der Waals surface area contributed by atoms with Crippen LogP contribution in [-0.2, 0) is 14.6 Å². The van der Waals surface area contributed by atoms with Gasteiger partial charge in [-0.25, -0.2) is 33.3 Å². The van der Waals surface area contributed by atoms with Crippen molar-refractivity contribution in [3.63, 3.8) is 0 Å². The van der Waals surface area contributed by atoms with Crippen molar-refractivity contribution >= 4 is 49.0 Å². The monoisotopic (exact) mass is 512 g/mol. The molecule has 182 valence electrons. The number of hydrogen-bond acceptors (Lipinski definition) is 12. The number of nitrogens with zero attached hydrogens (tertiary/aromatic N) is 6. The second-order valence-electron chi connectivity index (χ2n) is 8.08. The fourth-order valence-corrected chi connectivity index (χ4v) is 5.25. The molecule has 0 radical (unpaired) electrons. The van der Waals surface area contributed by atoms with E-state index in [2.05, 4.69) is 25.2 Å². The third-order valence-corrected chi connectivity index (χ3v) is 7.51. The lowest BCUT2D eigenvalue weighted by Crippen LogP contribution is -2.36. The van der Waals surface area contributed by atoms with Crippen LogP contribution in [0.1, 0.15) is 0 Å². The first-order chi connectivity index (χ1) is 16.9. The van der Waals surface area contributed by atoms with Gasteiger partial charge in [0, 0.05) is 48.7 Å². The number of hydrogen-bond donors (Lipinski definition) is 2. The number of nitrogens with one attached hydrogen (secondary N) is 1. The highest BCUT2D eigenvalue weighted by molar-refractivity contribution is 7.90. The van der Waals surface area contributed by atoms with Crippen LogP contribution >= 0.6 is 11.3 Å². The molecule has 0 aromatic carbocycles. The molecule has 0 amide bonds. The van der Waals surface area contributed by atoms with Crippen molar-refractivity contribution in [2.24, 2.45) is 0 Å². The molecule has 1 aliphatic rings. The van der Waals surface area contributed by atoms with Gasteiger partial charge in [-0.15, -0.1) is 11.3 Å². The molecule has 13 heteroatoms. The van der Waals surface area contributed by atoms with Crippen LogP contribution in [0.3, 0.4) is 0 Å². The molecule has 0 unspecified atom stereocenters. The Hall–Kier alpha value is -3.42. The van der Waals surface area contributed by atoms with Crippen LogP contribution in [0.4, 0.5) is 17.6 Å². The van der Waals surface area contributed by atoms with E-state index in [1.807, 2.05) is 18.2 Å². The van der Waals surface area contributed by atoms with Crippen LogP contribution in [0.2, 0.25) is 0 Å². The summed E-state index contributed by atoms with van der Waals surface area (Å²) in [6, 6.07) is 7.56. The van der Waals surface area contributed by atoms with E-state index >= 15 is 0 Å². The van der Waals surface area contributed by atoms with Crippen molar-refractivity contribution < 1.29 is 13.2 Å². The molecule has 0 bridgehead atoms. The zero-order chi connectivity index (χ0) is 24.4. The molecule has 0 atom stereocenters. The maximum atomic E-state index is 11.3. The van der Waals surface area contributed by atoms with Gasteiger partial charge in [0.05, 0.1) is 29.2 Å². The minimum atomic E-state index is -3.03. The summed E-state index contributed by atoms with van der Waals surface area (Å²) in [5, 5.41) is 3.04. The van der Waals surface area contributed by atoms with E-state index in [9.17, 15) is 8.42 Å². The lowest BCUT2D eigenvalue weighted by Gasteiger charge is -2.28. The van der Waals surface area contributed by atoms with Gasteiger partial charge in [0.15, 0.2) is 11.6 Å². The van der Waals surface area contributed by atoms with E-state index in [4.69, 9.17) is 20.4 Å². The summed E-state index contributed by atoms with van der Waals surface area (Å²) in [5.74, 6) is 2.17. The van der Waals surface area contributed by atoms with Gasteiger partial charge in [-0.2, -0.15) is 0 Å². The van der Waals surface area contributed by atoms with Crippen LogP contribution in [0, 0.1) is 0 Å². The maximum absolute atomic E-state index is 11.3. The number of fused-ring (bicyclic) bond motifs is 1. The summed E-state index contributed by atoms with van der Waals surface area (Å²) >= 11 is 1.60. The lowest BCUT2D eigenvalue weighted by molar-refractivity contribution is 0.122. The summed E-state index contributed by atoms with van der Waals surface area (Å²) in [6.45, 7) is 3.05. The Morgan fingerprint density at radius 1 is 1.14 bits per heavy atom. The fourth-order valence-electron chi connectivity index (χ4n) is 3.67. The molecule has 35 heavy (non-hydrogen) atoms. The molecule has 3 N–H and O–H groups in total. The highest BCUT2D eigenvalue weighted by Crippen LogP contribution is 2.38. The van der Waals surface area contributed by atoms with Crippen LogP contribution < -0.4 is 16.0 Å². The number of thiophene rings is 1. The molecule has 0 aliphatic carbocycles. The molecule has 5 heterocycles. The van der Waals surface area contributed by atoms with E-state index < -0.39 is 9.84 Å². The highest BCUT2D eigenvalue weighted by atomic mass is 32.2. The maximum Gasteiger partial charge on any atom is 0.220 e. The normalized spacial score (nSPS) is 14.4. The molecular formula is C22H24N8O3S2. The zero-order valence-electron chi connectivity index (χ0n) is 19.0. The van der Waals surface area contributed by atoms with E-state index in [-0.39, 0.29) is 11.7 Å². The van der Waals surface area contributed by atoms with Gasteiger partial charge < -0.3 is 20.7 Å². The number of morpholine rings is 1. The standard InChI is InChI=1S/C22H24N8O3S2/c1-35(31,32)11-6-24-18-3-2-14(13-26-18)17-12-16-19(34-17)21(30-7-9-33-10-8-30)29-20(27-16)15-4-5-25-22(23)28-15/h2-5,12-13H,6-11H2,1H3,(H,24,26)(H2,23,25,28). The van der Waals surface area contributed by atoms with E-state index in [0.29, 0.717) is 37.1 Å². The van der Waals surface area contributed by atoms with Crippen LogP contribution in [-0.4, -0.2) is 78.2 Å². The molecular weight excluding hydrogens is 488 g/mol. The first kappa shape index (κ1) is 23.3. The van der Waals surface area contributed by atoms with Crippen molar-refractivity contribution in [2.45, 2.75) is 0 Å². The molecule has 0 spiro atoms. The minimum Gasteiger partial charge on any atom is -0.378 e. The van der Waals surface area contributed by atoms with E-state index in [0.717, 1.165) is 39.6 Å². The van der Waals surface area contributed by atoms with Gasteiger partial charge in [0.2, 0.25) is 5.95 Å². The van der Waals surface area contributed by atoms with E-state index in [1.165, 1.54) is 6.26 Å². The van der Waals surface area contributed by atoms with Crippen LogP contribution in [0.15, 0.2) is 36.7 Å². The number of rotatable bonds is 7. The Morgan fingerprint density at radius 2 is 1.97 bits per heavy atom. The molecule has 11 nitrogen and oxygen atoms in total. The number of sulfone groups is 1. The summed E-state index contributed by atoms with van der Waals surface area (Å²) in [5.41, 5.74) is 8.09. The molecule has 1 saturated heterocycles. The molecule has 4 aromatic rings. The number of anilines is 3. The molecule has 1 fully saturated rings. The molecule has 1 aliphatic heterocycles. The smallest absolute Gasteiger partial charge is 0.220 e. The number of pyridine rings is 1.